The zero-order valence-electron chi connectivity index (χ0n) is 8.69. The van der Waals surface area contributed by atoms with Crippen molar-refractivity contribution in [1.82, 2.24) is 0 Å². The number of aryl methyl sites for hydroxylation is 1. The molecule has 0 fully saturated rings. The summed E-state index contributed by atoms with van der Waals surface area (Å²) in [5.74, 6) is 0.281. The molecule has 3 nitrogen and oxygen atoms in total. The van der Waals surface area contributed by atoms with E-state index < -0.39 is 9.84 Å². The average Bonchev–Trinajstić information content (AvgIpc) is 2.17. The van der Waals surface area contributed by atoms with Crippen LogP contribution in [0.1, 0.15) is 17.5 Å². The molecular weight excluding hydrogens is 212 g/mol. The van der Waals surface area contributed by atoms with Gasteiger partial charge in [0.15, 0.2) is 9.84 Å². The third kappa shape index (κ3) is 2.06. The van der Waals surface area contributed by atoms with Gasteiger partial charge in [0.1, 0.15) is 0 Å². The second-order valence-electron chi connectivity index (χ2n) is 3.80. The second-order valence-corrected chi connectivity index (χ2v) is 5.88. The van der Waals surface area contributed by atoms with Crippen LogP contribution >= 0.6 is 0 Å². The summed E-state index contributed by atoms with van der Waals surface area (Å²) >= 11 is 0. The summed E-state index contributed by atoms with van der Waals surface area (Å²) in [4.78, 5) is 0.508. The molecule has 2 rings (SSSR count). The van der Waals surface area contributed by atoms with Crippen LogP contribution < -0.4 is 0 Å². The number of hydrogen-bond acceptors (Lipinski definition) is 3. The third-order valence-corrected chi connectivity index (χ3v) is 4.52. The van der Waals surface area contributed by atoms with Crippen LogP contribution in [0.2, 0.25) is 0 Å². The molecule has 0 amide bonds. The van der Waals surface area contributed by atoms with E-state index in [9.17, 15) is 8.42 Å². The molecule has 0 unspecified atom stereocenters. The van der Waals surface area contributed by atoms with E-state index in [0.717, 1.165) is 24.0 Å². The zero-order valence-corrected chi connectivity index (χ0v) is 9.51. The molecule has 0 saturated heterocycles. The van der Waals surface area contributed by atoms with Crippen LogP contribution in [-0.2, 0) is 27.6 Å². The molecule has 1 aromatic rings. The van der Waals surface area contributed by atoms with Gasteiger partial charge in [-0.2, -0.15) is 0 Å². The van der Waals surface area contributed by atoms with Gasteiger partial charge in [-0.25, -0.2) is 8.42 Å². The molecule has 1 heterocycles. The molecule has 0 aromatic heterocycles. The SMILES string of the molecule is COCc1ccc2c(c1)CCCS2(=O)=O. The van der Waals surface area contributed by atoms with Gasteiger partial charge >= 0.3 is 0 Å². The Morgan fingerprint density at radius 1 is 1.40 bits per heavy atom. The number of sulfone groups is 1. The van der Waals surface area contributed by atoms with Crippen LogP contribution in [-0.4, -0.2) is 21.3 Å². The van der Waals surface area contributed by atoms with Gasteiger partial charge in [0, 0.05) is 7.11 Å². The van der Waals surface area contributed by atoms with E-state index in [1.165, 1.54) is 0 Å². The molecule has 1 aliphatic heterocycles. The van der Waals surface area contributed by atoms with Gasteiger partial charge in [-0.1, -0.05) is 12.1 Å². The van der Waals surface area contributed by atoms with E-state index in [0.29, 0.717) is 11.5 Å². The van der Waals surface area contributed by atoms with Crippen LogP contribution in [0, 0.1) is 0 Å². The molecule has 0 bridgehead atoms. The highest BCUT2D eigenvalue weighted by atomic mass is 32.2. The quantitative estimate of drug-likeness (QED) is 0.768. The fourth-order valence-corrected chi connectivity index (χ4v) is 3.53. The van der Waals surface area contributed by atoms with Gasteiger partial charge in [-0.05, 0) is 30.0 Å². The molecule has 1 aliphatic rings. The predicted molar refractivity (Wildman–Crippen MR) is 57.5 cm³/mol. The summed E-state index contributed by atoms with van der Waals surface area (Å²) in [6.07, 6.45) is 1.58. The van der Waals surface area contributed by atoms with Crippen molar-refractivity contribution in [3.05, 3.63) is 29.3 Å². The van der Waals surface area contributed by atoms with Crippen molar-refractivity contribution in [2.45, 2.75) is 24.3 Å². The van der Waals surface area contributed by atoms with Crippen molar-refractivity contribution in [3.8, 4) is 0 Å². The molecule has 0 radical (unpaired) electrons. The smallest absolute Gasteiger partial charge is 0.178 e. The van der Waals surface area contributed by atoms with Gasteiger partial charge in [0.05, 0.1) is 17.3 Å². The Morgan fingerprint density at radius 3 is 2.93 bits per heavy atom. The molecule has 15 heavy (non-hydrogen) atoms. The first-order valence-electron chi connectivity index (χ1n) is 4.97. The molecule has 1 aromatic carbocycles. The van der Waals surface area contributed by atoms with E-state index in [4.69, 9.17) is 4.74 Å². The summed E-state index contributed by atoms with van der Waals surface area (Å²) in [5, 5.41) is 0. The zero-order chi connectivity index (χ0) is 10.9. The summed E-state index contributed by atoms with van der Waals surface area (Å²) < 4.78 is 28.4. The summed E-state index contributed by atoms with van der Waals surface area (Å²) in [7, 11) is -1.38. The Balaban J connectivity index is 2.45. The van der Waals surface area contributed by atoms with Crippen LogP contribution in [0.4, 0.5) is 0 Å². The lowest BCUT2D eigenvalue weighted by molar-refractivity contribution is 0.185. The van der Waals surface area contributed by atoms with Crippen LogP contribution in [0.5, 0.6) is 0 Å². The largest absolute Gasteiger partial charge is 0.380 e. The fourth-order valence-electron chi connectivity index (χ4n) is 1.95. The minimum atomic E-state index is -3.01. The van der Waals surface area contributed by atoms with Crippen LogP contribution in [0.3, 0.4) is 0 Å². The van der Waals surface area contributed by atoms with Gasteiger partial charge in [0.2, 0.25) is 0 Å². The van der Waals surface area contributed by atoms with Crippen molar-refractivity contribution in [1.29, 1.82) is 0 Å². The average molecular weight is 226 g/mol. The second kappa shape index (κ2) is 3.94. The standard InChI is InChI=1S/C11H14O3S/c1-14-8-9-4-5-11-10(7-9)3-2-6-15(11,12)13/h4-5,7H,2-3,6,8H2,1H3. The molecule has 0 N–H and O–H groups in total. The van der Waals surface area contributed by atoms with Gasteiger partial charge in [0.25, 0.3) is 0 Å². The van der Waals surface area contributed by atoms with Crippen molar-refractivity contribution in [3.63, 3.8) is 0 Å². The number of fused-ring (bicyclic) bond motifs is 1. The minimum absolute atomic E-state index is 0.281. The Bertz CT molecular complexity index is 463. The lowest BCUT2D eigenvalue weighted by Crippen LogP contribution is -2.16. The molecule has 82 valence electrons. The molecule has 0 aliphatic carbocycles. The first-order valence-corrected chi connectivity index (χ1v) is 6.62. The number of benzene rings is 1. The highest BCUT2D eigenvalue weighted by Gasteiger charge is 2.23. The van der Waals surface area contributed by atoms with E-state index in [2.05, 4.69) is 0 Å². The highest BCUT2D eigenvalue weighted by Crippen LogP contribution is 2.25. The third-order valence-electron chi connectivity index (χ3n) is 2.63. The Morgan fingerprint density at radius 2 is 2.20 bits per heavy atom. The Kier molecular flexibility index (Phi) is 2.80. The summed E-state index contributed by atoms with van der Waals surface area (Å²) in [6, 6.07) is 5.47. The molecule has 4 heteroatoms. The number of hydrogen-bond donors (Lipinski definition) is 0. The van der Waals surface area contributed by atoms with E-state index >= 15 is 0 Å². The lowest BCUT2D eigenvalue weighted by Gasteiger charge is -2.16. The van der Waals surface area contributed by atoms with E-state index in [-0.39, 0.29) is 5.75 Å². The van der Waals surface area contributed by atoms with Crippen molar-refractivity contribution >= 4 is 9.84 Å². The first kappa shape index (κ1) is 10.6. The van der Waals surface area contributed by atoms with Crippen LogP contribution in [0.25, 0.3) is 0 Å². The Hall–Kier alpha value is -0.870. The number of methoxy groups -OCH3 is 1. The first-order chi connectivity index (χ1) is 7.13. The lowest BCUT2D eigenvalue weighted by atomic mass is 10.1. The number of ether oxygens (including phenoxy) is 1. The molecule has 0 atom stereocenters. The molecular formula is C11H14O3S. The summed E-state index contributed by atoms with van der Waals surface area (Å²) in [6.45, 7) is 0.535. The van der Waals surface area contributed by atoms with E-state index in [1.54, 1.807) is 13.2 Å². The van der Waals surface area contributed by atoms with Gasteiger partial charge in [-0.15, -0.1) is 0 Å². The number of rotatable bonds is 2. The maximum absolute atomic E-state index is 11.7. The predicted octanol–water partition coefficient (Wildman–Crippen LogP) is 1.55. The fraction of sp³-hybridized carbons (Fsp3) is 0.455. The molecule has 0 saturated carbocycles. The van der Waals surface area contributed by atoms with Gasteiger partial charge < -0.3 is 4.74 Å². The van der Waals surface area contributed by atoms with Crippen molar-refractivity contribution in [2.24, 2.45) is 0 Å². The highest BCUT2D eigenvalue weighted by molar-refractivity contribution is 7.91. The van der Waals surface area contributed by atoms with E-state index in [1.807, 2.05) is 12.1 Å². The maximum atomic E-state index is 11.7. The molecule has 0 spiro atoms. The normalized spacial score (nSPS) is 18.5. The monoisotopic (exact) mass is 226 g/mol. The minimum Gasteiger partial charge on any atom is -0.380 e. The van der Waals surface area contributed by atoms with Crippen LogP contribution in [0.15, 0.2) is 23.1 Å². The van der Waals surface area contributed by atoms with Crippen molar-refractivity contribution in [2.75, 3.05) is 12.9 Å². The van der Waals surface area contributed by atoms with Crippen molar-refractivity contribution < 1.29 is 13.2 Å². The van der Waals surface area contributed by atoms with Gasteiger partial charge in [-0.3, -0.25) is 0 Å². The summed E-state index contributed by atoms with van der Waals surface area (Å²) in [5.41, 5.74) is 1.98. The maximum Gasteiger partial charge on any atom is 0.178 e. The Labute approximate surface area is 90.0 Å². The topological polar surface area (TPSA) is 43.4 Å².